The van der Waals surface area contributed by atoms with Crippen LogP contribution in [-0.4, -0.2) is 18.5 Å². The minimum Gasteiger partial charge on any atom is -0.362 e. The van der Waals surface area contributed by atoms with Gasteiger partial charge in [0.2, 0.25) is 0 Å². The third kappa shape index (κ3) is 5.91. The molecule has 10 heavy (non-hydrogen) atoms. The highest BCUT2D eigenvalue weighted by atomic mass is 32.2. The van der Waals surface area contributed by atoms with Crippen molar-refractivity contribution in [1.82, 2.24) is 4.89 Å². The molecular formula is C6H15NO2S. The molecule has 0 saturated heterocycles. The highest BCUT2D eigenvalue weighted by molar-refractivity contribution is 8.13. The first kappa shape index (κ1) is 9.78. The van der Waals surface area contributed by atoms with E-state index in [0.717, 1.165) is 6.42 Å². The molecule has 4 heteroatoms. The molecule has 3 nitrogen and oxygen atoms in total. The van der Waals surface area contributed by atoms with Crippen molar-refractivity contribution in [2.75, 3.05) is 12.5 Å². The van der Waals surface area contributed by atoms with Gasteiger partial charge in [-0.3, -0.25) is 4.79 Å². The average Bonchev–Trinajstić information content (AvgIpc) is 1.85. The van der Waals surface area contributed by atoms with E-state index >= 15 is 0 Å². The van der Waals surface area contributed by atoms with E-state index < -0.39 is 0 Å². The summed E-state index contributed by atoms with van der Waals surface area (Å²) in [7, 11) is 0. The molecule has 0 amide bonds. The molecule has 0 bridgehead atoms. The molecule has 0 aliphatic rings. The van der Waals surface area contributed by atoms with Crippen molar-refractivity contribution in [2.45, 2.75) is 19.8 Å². The molecule has 0 radical (unpaired) electrons. The van der Waals surface area contributed by atoms with Crippen molar-refractivity contribution < 1.29 is 9.63 Å². The average molecular weight is 165 g/mol. The van der Waals surface area contributed by atoms with Crippen LogP contribution >= 0.6 is 11.1 Å². The SMILES string of the molecule is CCCC(=O)ON[SH](C)C. The van der Waals surface area contributed by atoms with E-state index in [1.54, 1.807) is 0 Å². The van der Waals surface area contributed by atoms with E-state index in [0.29, 0.717) is 6.42 Å². The molecule has 0 spiro atoms. The lowest BCUT2D eigenvalue weighted by Gasteiger charge is -2.10. The molecule has 0 fully saturated rings. The predicted octanol–water partition coefficient (Wildman–Crippen LogP) is 1.01. The Bertz CT molecular complexity index is 106. The molecule has 0 aromatic carbocycles. The van der Waals surface area contributed by atoms with Gasteiger partial charge in [0, 0.05) is 6.42 Å². The summed E-state index contributed by atoms with van der Waals surface area (Å²) >= 11 is -0.337. The fourth-order valence-corrected chi connectivity index (χ4v) is 0.682. The Balaban J connectivity index is 3.22. The summed E-state index contributed by atoms with van der Waals surface area (Å²) in [5.41, 5.74) is 0. The fourth-order valence-electron chi connectivity index (χ4n) is 0.397. The Kier molecular flexibility index (Phi) is 5.43. The van der Waals surface area contributed by atoms with Crippen molar-refractivity contribution in [3.05, 3.63) is 0 Å². The molecule has 62 valence electrons. The smallest absolute Gasteiger partial charge is 0.325 e. The number of thiol groups is 1. The summed E-state index contributed by atoms with van der Waals surface area (Å²) < 4.78 is 0. The third-order valence-corrected chi connectivity index (χ3v) is 1.25. The quantitative estimate of drug-likeness (QED) is 0.482. The van der Waals surface area contributed by atoms with E-state index in [-0.39, 0.29) is 17.1 Å². The van der Waals surface area contributed by atoms with Gasteiger partial charge in [0.05, 0.1) is 0 Å². The number of carbonyl (C=O) groups excluding carboxylic acids is 1. The van der Waals surface area contributed by atoms with Crippen LogP contribution in [-0.2, 0) is 9.63 Å². The molecule has 0 aliphatic carbocycles. The van der Waals surface area contributed by atoms with Gasteiger partial charge < -0.3 is 4.84 Å². The van der Waals surface area contributed by atoms with E-state index in [1.807, 2.05) is 19.4 Å². The maximum atomic E-state index is 10.7. The maximum Gasteiger partial charge on any atom is 0.325 e. The first-order valence-corrected chi connectivity index (χ1v) is 5.53. The molecule has 0 aliphatic heterocycles. The zero-order valence-electron chi connectivity index (χ0n) is 6.68. The van der Waals surface area contributed by atoms with Gasteiger partial charge in [-0.2, -0.15) is 11.1 Å². The van der Waals surface area contributed by atoms with Gasteiger partial charge in [-0.25, -0.2) is 0 Å². The van der Waals surface area contributed by atoms with Crippen LogP contribution < -0.4 is 4.89 Å². The fraction of sp³-hybridized carbons (Fsp3) is 0.833. The Labute approximate surface area is 64.6 Å². The summed E-state index contributed by atoms with van der Waals surface area (Å²) in [4.78, 5) is 18.0. The molecule has 0 unspecified atom stereocenters. The summed E-state index contributed by atoms with van der Waals surface area (Å²) in [5, 5.41) is 0. The van der Waals surface area contributed by atoms with E-state index in [1.165, 1.54) is 0 Å². The molecule has 0 rings (SSSR count). The van der Waals surface area contributed by atoms with Crippen LogP contribution in [0.3, 0.4) is 0 Å². The number of carbonyl (C=O) groups is 1. The Morgan fingerprint density at radius 2 is 2.20 bits per heavy atom. The first-order valence-electron chi connectivity index (χ1n) is 3.29. The minimum absolute atomic E-state index is 0.168. The normalized spacial score (nSPS) is 10.9. The first-order chi connectivity index (χ1) is 4.66. The molecule has 1 N–H and O–H groups in total. The van der Waals surface area contributed by atoms with Crippen LogP contribution in [0.25, 0.3) is 0 Å². The van der Waals surface area contributed by atoms with Crippen molar-refractivity contribution in [1.29, 1.82) is 0 Å². The van der Waals surface area contributed by atoms with Crippen molar-refractivity contribution in [2.24, 2.45) is 0 Å². The number of nitrogens with one attached hydrogen (secondary N) is 1. The largest absolute Gasteiger partial charge is 0.362 e. The molecule has 0 heterocycles. The number of hydrogen-bond donors (Lipinski definition) is 2. The second-order valence-corrected chi connectivity index (χ2v) is 4.18. The summed E-state index contributed by atoms with van der Waals surface area (Å²) in [5.74, 6) is -0.168. The van der Waals surface area contributed by atoms with E-state index in [4.69, 9.17) is 0 Å². The van der Waals surface area contributed by atoms with Crippen LogP contribution in [0.5, 0.6) is 0 Å². The van der Waals surface area contributed by atoms with Gasteiger partial charge in [-0.15, -0.1) is 4.89 Å². The summed E-state index contributed by atoms with van der Waals surface area (Å²) in [6, 6.07) is 0. The predicted molar refractivity (Wildman–Crippen MR) is 45.0 cm³/mol. The molecule has 0 atom stereocenters. The monoisotopic (exact) mass is 165 g/mol. The van der Waals surface area contributed by atoms with Crippen molar-refractivity contribution in [3.8, 4) is 0 Å². The van der Waals surface area contributed by atoms with Crippen molar-refractivity contribution >= 4 is 17.1 Å². The Morgan fingerprint density at radius 1 is 1.60 bits per heavy atom. The molecule has 0 aromatic heterocycles. The Morgan fingerprint density at radius 3 is 2.60 bits per heavy atom. The molecule has 0 saturated carbocycles. The standard InChI is InChI=1S/C6H15NO2S/c1-4-5-6(8)9-7-10(2)3/h7,10H,4-5H2,1-3H3. The number of hydrogen-bond acceptors (Lipinski definition) is 3. The van der Waals surface area contributed by atoms with Gasteiger partial charge in [0.1, 0.15) is 0 Å². The zero-order valence-corrected chi connectivity index (χ0v) is 7.57. The van der Waals surface area contributed by atoms with Gasteiger partial charge in [0.25, 0.3) is 0 Å². The highest BCUT2D eigenvalue weighted by Crippen LogP contribution is 2.05. The van der Waals surface area contributed by atoms with Gasteiger partial charge in [0.15, 0.2) is 0 Å². The maximum absolute atomic E-state index is 10.7. The van der Waals surface area contributed by atoms with Crippen LogP contribution in [0.1, 0.15) is 19.8 Å². The van der Waals surface area contributed by atoms with Crippen LogP contribution in [0, 0.1) is 0 Å². The second kappa shape index (κ2) is 5.56. The van der Waals surface area contributed by atoms with Crippen LogP contribution in [0.2, 0.25) is 0 Å². The van der Waals surface area contributed by atoms with Gasteiger partial charge >= 0.3 is 5.97 Å². The third-order valence-electron chi connectivity index (χ3n) is 0.796. The highest BCUT2D eigenvalue weighted by Gasteiger charge is 1.99. The zero-order chi connectivity index (χ0) is 7.98. The van der Waals surface area contributed by atoms with Gasteiger partial charge in [-0.1, -0.05) is 6.92 Å². The topological polar surface area (TPSA) is 38.3 Å². The van der Waals surface area contributed by atoms with Crippen LogP contribution in [0.15, 0.2) is 0 Å². The second-order valence-electron chi connectivity index (χ2n) is 2.21. The van der Waals surface area contributed by atoms with Gasteiger partial charge in [-0.05, 0) is 18.9 Å². The lowest BCUT2D eigenvalue weighted by molar-refractivity contribution is -0.146. The number of rotatable bonds is 4. The van der Waals surface area contributed by atoms with Crippen molar-refractivity contribution in [3.63, 3.8) is 0 Å². The van der Waals surface area contributed by atoms with E-state index in [2.05, 4.69) is 9.72 Å². The molecule has 0 aromatic rings. The molecular weight excluding hydrogens is 150 g/mol. The van der Waals surface area contributed by atoms with Crippen LogP contribution in [0.4, 0.5) is 0 Å². The summed E-state index contributed by atoms with van der Waals surface area (Å²) in [6.07, 6.45) is 5.30. The Hall–Kier alpha value is -0.220. The van der Waals surface area contributed by atoms with E-state index in [9.17, 15) is 4.79 Å². The lowest BCUT2D eigenvalue weighted by Crippen LogP contribution is -2.15. The minimum atomic E-state index is -0.337. The lowest BCUT2D eigenvalue weighted by atomic mass is 10.3. The summed E-state index contributed by atoms with van der Waals surface area (Å²) in [6.45, 7) is 1.95.